The van der Waals surface area contributed by atoms with Crippen molar-refractivity contribution in [3.63, 3.8) is 0 Å². The second-order valence-corrected chi connectivity index (χ2v) is 13.8. The summed E-state index contributed by atoms with van der Waals surface area (Å²) < 4.78 is 0. The van der Waals surface area contributed by atoms with E-state index in [1.165, 1.54) is 60.8 Å². The van der Waals surface area contributed by atoms with E-state index in [9.17, 15) is 0 Å². The molecule has 0 bridgehead atoms. The number of fused-ring (bicyclic) bond motifs is 5. The van der Waals surface area contributed by atoms with E-state index >= 15 is 0 Å². The number of anilines is 2. The highest BCUT2D eigenvalue weighted by molar-refractivity contribution is 6.16. The van der Waals surface area contributed by atoms with E-state index in [2.05, 4.69) is 156 Å². The summed E-state index contributed by atoms with van der Waals surface area (Å²) in [5.41, 5.74) is 13.4. The Morgan fingerprint density at radius 3 is 2.14 bits per heavy atom. The van der Waals surface area contributed by atoms with Crippen LogP contribution in [0.1, 0.15) is 54.0 Å². The van der Waals surface area contributed by atoms with Crippen molar-refractivity contribution in [3.05, 3.63) is 174 Å². The van der Waals surface area contributed by atoms with Crippen molar-refractivity contribution in [2.45, 2.75) is 37.6 Å². The van der Waals surface area contributed by atoms with Crippen LogP contribution in [-0.4, -0.2) is 23.0 Å². The molecule has 244 valence electrons. The van der Waals surface area contributed by atoms with Crippen LogP contribution in [0.2, 0.25) is 0 Å². The third-order valence-corrected chi connectivity index (χ3v) is 10.9. The third kappa shape index (κ3) is 5.01. The minimum absolute atomic E-state index is 0.221. The van der Waals surface area contributed by atoms with Crippen LogP contribution in [0.5, 0.6) is 0 Å². The van der Waals surface area contributed by atoms with E-state index < -0.39 is 0 Å². The average Bonchev–Trinajstić information content (AvgIpc) is 3.55. The largest absolute Gasteiger partial charge is 0.333 e. The Bertz CT molecular complexity index is 2490. The summed E-state index contributed by atoms with van der Waals surface area (Å²) in [7, 11) is 0. The normalized spacial score (nSPS) is 19.1. The molecule has 0 N–H and O–H groups in total. The molecule has 51 heavy (non-hydrogen) atoms. The van der Waals surface area contributed by atoms with Crippen molar-refractivity contribution < 1.29 is 0 Å². The molecule has 1 aromatic heterocycles. The Balaban J connectivity index is 0.971. The number of rotatable bonds is 5. The molecular weight excluding hydrogens is 621 g/mol. The molecule has 2 atom stereocenters. The SMILES string of the molecule is C1=CCCC(c2c3ccccc3c(C3=CN=C(c4ccc(-c5cccc(N6c7ccccc7C7C=NC=CC76)c5)cn4)CC3)c3ccccc23)=C1. The van der Waals surface area contributed by atoms with Crippen molar-refractivity contribution in [2.75, 3.05) is 4.90 Å². The van der Waals surface area contributed by atoms with E-state index in [1.54, 1.807) is 0 Å². The predicted molar refractivity (Wildman–Crippen MR) is 214 cm³/mol. The van der Waals surface area contributed by atoms with Gasteiger partial charge in [0.15, 0.2) is 0 Å². The molecule has 0 saturated carbocycles. The van der Waals surface area contributed by atoms with Crippen molar-refractivity contribution in [1.29, 1.82) is 0 Å². The lowest BCUT2D eigenvalue weighted by atomic mass is 9.83. The summed E-state index contributed by atoms with van der Waals surface area (Å²) in [6.07, 6.45) is 21.0. The summed E-state index contributed by atoms with van der Waals surface area (Å²) >= 11 is 0. The smallest absolute Gasteiger partial charge is 0.0844 e. The summed E-state index contributed by atoms with van der Waals surface area (Å²) in [6.45, 7) is 0. The van der Waals surface area contributed by atoms with Crippen molar-refractivity contribution in [1.82, 2.24) is 4.98 Å². The number of allylic oxidation sites excluding steroid dienone is 5. The number of benzene rings is 5. The molecule has 0 radical (unpaired) electrons. The van der Waals surface area contributed by atoms with E-state index in [0.717, 1.165) is 48.2 Å². The average molecular weight is 657 g/mol. The molecule has 4 heteroatoms. The number of nitrogens with zero attached hydrogens (tertiary/aromatic N) is 4. The zero-order valence-electron chi connectivity index (χ0n) is 28.3. The van der Waals surface area contributed by atoms with Gasteiger partial charge >= 0.3 is 0 Å². The van der Waals surface area contributed by atoms with Crippen LogP contribution in [0.4, 0.5) is 11.4 Å². The van der Waals surface area contributed by atoms with Gasteiger partial charge in [-0.3, -0.25) is 15.0 Å². The topological polar surface area (TPSA) is 40.9 Å². The molecule has 0 fully saturated rings. The van der Waals surface area contributed by atoms with Gasteiger partial charge in [0.25, 0.3) is 0 Å². The fraction of sp³-hybridized carbons (Fsp3) is 0.128. The van der Waals surface area contributed by atoms with E-state index in [1.807, 2.05) is 12.4 Å². The Hall–Kier alpha value is -6.13. The maximum absolute atomic E-state index is 5.06. The summed E-state index contributed by atoms with van der Waals surface area (Å²) in [5, 5.41) is 5.25. The molecule has 5 aromatic carbocycles. The molecule has 4 nitrogen and oxygen atoms in total. The van der Waals surface area contributed by atoms with Gasteiger partial charge in [0.05, 0.1) is 17.4 Å². The van der Waals surface area contributed by atoms with Crippen LogP contribution >= 0.6 is 0 Å². The molecule has 0 spiro atoms. The number of aromatic nitrogens is 1. The Morgan fingerprint density at radius 1 is 0.667 bits per heavy atom. The summed E-state index contributed by atoms with van der Waals surface area (Å²) in [6, 6.07) is 39.9. The van der Waals surface area contributed by atoms with Crippen molar-refractivity contribution >= 4 is 56.0 Å². The van der Waals surface area contributed by atoms with Gasteiger partial charge in [-0.15, -0.1) is 0 Å². The third-order valence-electron chi connectivity index (χ3n) is 10.9. The first-order valence-corrected chi connectivity index (χ1v) is 18.0. The number of para-hydroxylation sites is 1. The van der Waals surface area contributed by atoms with Crippen LogP contribution in [0.3, 0.4) is 0 Å². The summed E-state index contributed by atoms with van der Waals surface area (Å²) in [5.74, 6) is 0.260. The van der Waals surface area contributed by atoms with Gasteiger partial charge in [0.1, 0.15) is 0 Å². The molecule has 4 aliphatic rings. The van der Waals surface area contributed by atoms with Crippen LogP contribution in [-0.2, 0) is 0 Å². The Kier molecular flexibility index (Phi) is 7.19. The van der Waals surface area contributed by atoms with Gasteiger partial charge in [-0.25, -0.2) is 0 Å². The quantitative estimate of drug-likeness (QED) is 0.173. The first-order chi connectivity index (χ1) is 25.3. The Labute approximate surface area is 298 Å². The molecule has 1 aliphatic carbocycles. The molecule has 2 unspecified atom stereocenters. The van der Waals surface area contributed by atoms with Gasteiger partial charge in [-0.2, -0.15) is 0 Å². The van der Waals surface area contributed by atoms with Gasteiger partial charge in [-0.05, 0) is 111 Å². The highest BCUT2D eigenvalue weighted by atomic mass is 15.2. The number of hydrogen-bond acceptors (Lipinski definition) is 4. The molecule has 3 aliphatic heterocycles. The second-order valence-electron chi connectivity index (χ2n) is 13.8. The maximum atomic E-state index is 5.06. The van der Waals surface area contributed by atoms with Crippen LogP contribution in [0.25, 0.3) is 43.8 Å². The first-order valence-electron chi connectivity index (χ1n) is 18.0. The lowest BCUT2D eigenvalue weighted by molar-refractivity contribution is 0.780. The minimum Gasteiger partial charge on any atom is -0.333 e. The predicted octanol–water partition coefficient (Wildman–Crippen LogP) is 11.6. The molecular formula is C47H36N4. The first kappa shape index (κ1) is 29.8. The van der Waals surface area contributed by atoms with Crippen molar-refractivity contribution in [3.8, 4) is 11.1 Å². The molecule has 4 heterocycles. The number of pyridine rings is 1. The van der Waals surface area contributed by atoms with Crippen LogP contribution in [0.15, 0.2) is 162 Å². The highest BCUT2D eigenvalue weighted by Crippen LogP contribution is 2.47. The highest BCUT2D eigenvalue weighted by Gasteiger charge is 2.37. The van der Waals surface area contributed by atoms with E-state index in [4.69, 9.17) is 9.98 Å². The summed E-state index contributed by atoms with van der Waals surface area (Å²) in [4.78, 5) is 16.9. The van der Waals surface area contributed by atoms with Gasteiger partial charge in [-0.1, -0.05) is 103 Å². The Morgan fingerprint density at radius 2 is 1.43 bits per heavy atom. The minimum atomic E-state index is 0.221. The zero-order valence-corrected chi connectivity index (χ0v) is 28.3. The zero-order chi connectivity index (χ0) is 33.7. The van der Waals surface area contributed by atoms with E-state index in [-0.39, 0.29) is 12.0 Å². The molecule has 6 aromatic rings. The van der Waals surface area contributed by atoms with Gasteiger partial charge in [0.2, 0.25) is 0 Å². The van der Waals surface area contributed by atoms with Crippen LogP contribution < -0.4 is 4.90 Å². The van der Waals surface area contributed by atoms with Gasteiger partial charge < -0.3 is 4.90 Å². The molecule has 0 saturated heterocycles. The standard InChI is InChI=1S/C47H36N4/c1-2-11-31(12-3-1)46-37-16-4-6-18-39(37)47(40-19-7-5-17-38(40)46)34-22-24-43(50-29-34)42-23-21-33(28-49-42)32-13-10-14-35(27-32)51-44-20-9-8-15-36(44)41-30-48-26-25-45(41)51/h1-2,4-11,13-21,23,25-30,41,45H,3,12,22,24H2. The lowest BCUT2D eigenvalue weighted by Crippen LogP contribution is -2.29. The lowest BCUT2D eigenvalue weighted by Gasteiger charge is -2.28. The fourth-order valence-corrected chi connectivity index (χ4v) is 8.58. The van der Waals surface area contributed by atoms with Gasteiger partial charge in [0, 0.05) is 47.7 Å². The monoisotopic (exact) mass is 656 g/mol. The van der Waals surface area contributed by atoms with E-state index in [0.29, 0.717) is 0 Å². The van der Waals surface area contributed by atoms with Crippen LogP contribution in [0, 0.1) is 0 Å². The fourth-order valence-electron chi connectivity index (χ4n) is 8.58. The second kappa shape index (κ2) is 12.3. The molecule has 10 rings (SSSR count). The number of aliphatic imine (C=N–C) groups is 2. The van der Waals surface area contributed by atoms with Crippen molar-refractivity contribution in [2.24, 2.45) is 9.98 Å². The molecule has 0 amide bonds. The number of hydrogen-bond donors (Lipinski definition) is 0. The maximum Gasteiger partial charge on any atom is 0.0844 e.